The molecule has 2 N–H and O–H groups in total. The number of carbonyl (C=O) groups is 1. The fourth-order valence-electron chi connectivity index (χ4n) is 0.567. The van der Waals surface area contributed by atoms with Gasteiger partial charge >= 0.3 is 0 Å². The highest BCUT2D eigenvalue weighted by Gasteiger charge is 2.15. The summed E-state index contributed by atoms with van der Waals surface area (Å²) in [6.07, 6.45) is -1.21. The van der Waals surface area contributed by atoms with Gasteiger partial charge in [-0.25, -0.2) is 4.39 Å². The number of hydrogen-bond donors (Lipinski definition) is 2. The van der Waals surface area contributed by atoms with Gasteiger partial charge in [0.1, 0.15) is 6.17 Å². The number of nitrogens with one attached hydrogen (secondary N) is 1. The fourth-order valence-corrected chi connectivity index (χ4v) is 0.567. The Kier molecular flexibility index (Phi) is 3.95. The molecule has 0 aromatic rings. The quantitative estimate of drug-likeness (QED) is 0.586. The van der Waals surface area contributed by atoms with Crippen LogP contribution in [0.5, 0.6) is 0 Å². The predicted octanol–water partition coefficient (Wildman–Crippen LogP) is -0.159. The number of carbonyl (C=O) groups excluding carboxylic acids is 1. The molecule has 0 aromatic carbocycles. The fraction of sp³-hybridized carbons (Fsp3) is 0.833. The van der Waals surface area contributed by atoms with Crippen molar-refractivity contribution in [2.75, 3.05) is 6.61 Å². The van der Waals surface area contributed by atoms with E-state index in [4.69, 9.17) is 5.11 Å². The zero-order valence-electron chi connectivity index (χ0n) is 6.10. The molecular weight excluding hydrogens is 137 g/mol. The largest absolute Gasteiger partial charge is 0.394 e. The first-order chi connectivity index (χ1) is 4.57. The van der Waals surface area contributed by atoms with Gasteiger partial charge in [0.2, 0.25) is 5.91 Å². The molecular formula is C6H12FNO2. The van der Waals surface area contributed by atoms with E-state index in [0.717, 1.165) is 0 Å². The summed E-state index contributed by atoms with van der Waals surface area (Å²) >= 11 is 0. The molecule has 2 atom stereocenters. The smallest absolute Gasteiger partial charge is 0.217 e. The van der Waals surface area contributed by atoms with Crippen molar-refractivity contribution in [1.82, 2.24) is 5.32 Å². The van der Waals surface area contributed by atoms with E-state index in [1.54, 1.807) is 0 Å². The second-order valence-electron chi connectivity index (χ2n) is 2.17. The van der Waals surface area contributed by atoms with E-state index >= 15 is 0 Å². The summed E-state index contributed by atoms with van der Waals surface area (Å²) in [4.78, 5) is 10.3. The van der Waals surface area contributed by atoms with Crippen LogP contribution in [0.15, 0.2) is 0 Å². The van der Waals surface area contributed by atoms with Crippen molar-refractivity contribution in [3.63, 3.8) is 0 Å². The van der Waals surface area contributed by atoms with Crippen molar-refractivity contribution in [1.29, 1.82) is 0 Å². The summed E-state index contributed by atoms with van der Waals surface area (Å²) in [5.74, 6) is -0.330. The number of halogens is 1. The van der Waals surface area contributed by atoms with Crippen LogP contribution in [0, 0.1) is 0 Å². The lowest BCUT2D eigenvalue weighted by Crippen LogP contribution is -2.41. The molecule has 0 saturated heterocycles. The van der Waals surface area contributed by atoms with E-state index in [1.165, 1.54) is 13.8 Å². The maximum atomic E-state index is 12.4. The average Bonchev–Trinajstić information content (AvgIpc) is 1.81. The van der Waals surface area contributed by atoms with Crippen LogP contribution in [0.2, 0.25) is 0 Å². The Hall–Kier alpha value is -0.640. The summed E-state index contributed by atoms with van der Waals surface area (Å²) in [6.45, 7) is 2.21. The lowest BCUT2D eigenvalue weighted by atomic mass is 10.2. The minimum atomic E-state index is -1.21. The average molecular weight is 149 g/mol. The Morgan fingerprint density at radius 1 is 1.80 bits per heavy atom. The molecule has 2 unspecified atom stereocenters. The maximum absolute atomic E-state index is 12.4. The van der Waals surface area contributed by atoms with Gasteiger partial charge in [0.25, 0.3) is 0 Å². The standard InChI is InChI=1S/C6H12FNO2/c1-4(7)6(3-9)8-5(2)10/h4,6,9H,3H2,1-2H3,(H,8,10). The summed E-state index contributed by atoms with van der Waals surface area (Å²) < 4.78 is 12.4. The SMILES string of the molecule is CC(=O)NC(CO)C(C)F. The molecule has 0 aliphatic carbocycles. The lowest BCUT2D eigenvalue weighted by molar-refractivity contribution is -0.120. The summed E-state index contributed by atoms with van der Waals surface area (Å²) in [5, 5.41) is 10.8. The molecule has 0 heterocycles. The number of amides is 1. The molecule has 0 spiro atoms. The van der Waals surface area contributed by atoms with E-state index in [1.807, 2.05) is 0 Å². The van der Waals surface area contributed by atoms with Crippen molar-refractivity contribution in [2.24, 2.45) is 0 Å². The normalized spacial score (nSPS) is 16.0. The monoisotopic (exact) mass is 149 g/mol. The molecule has 10 heavy (non-hydrogen) atoms. The third-order valence-corrected chi connectivity index (χ3v) is 1.14. The van der Waals surface area contributed by atoms with Crippen molar-refractivity contribution in [3.8, 4) is 0 Å². The second-order valence-corrected chi connectivity index (χ2v) is 2.17. The molecule has 60 valence electrons. The molecule has 0 bridgehead atoms. The maximum Gasteiger partial charge on any atom is 0.217 e. The van der Waals surface area contributed by atoms with Gasteiger partial charge in [-0.15, -0.1) is 0 Å². The van der Waals surface area contributed by atoms with E-state index in [9.17, 15) is 9.18 Å². The van der Waals surface area contributed by atoms with E-state index in [-0.39, 0.29) is 12.5 Å². The highest BCUT2D eigenvalue weighted by Crippen LogP contribution is 1.95. The van der Waals surface area contributed by atoms with Crippen LogP contribution in [-0.2, 0) is 4.79 Å². The van der Waals surface area contributed by atoms with Crippen LogP contribution in [-0.4, -0.2) is 29.8 Å². The van der Waals surface area contributed by atoms with Crippen LogP contribution < -0.4 is 5.32 Å². The van der Waals surface area contributed by atoms with E-state index < -0.39 is 12.2 Å². The number of hydrogen-bond acceptors (Lipinski definition) is 2. The minimum Gasteiger partial charge on any atom is -0.394 e. The Balaban J connectivity index is 3.71. The van der Waals surface area contributed by atoms with E-state index in [2.05, 4.69) is 5.32 Å². The van der Waals surface area contributed by atoms with Gasteiger partial charge in [-0.3, -0.25) is 4.79 Å². The van der Waals surface area contributed by atoms with Crippen LogP contribution in [0.1, 0.15) is 13.8 Å². The topological polar surface area (TPSA) is 49.3 Å². The third-order valence-electron chi connectivity index (χ3n) is 1.14. The first-order valence-corrected chi connectivity index (χ1v) is 3.10. The Labute approximate surface area is 59.2 Å². The van der Waals surface area contributed by atoms with Gasteiger partial charge in [-0.1, -0.05) is 0 Å². The second kappa shape index (κ2) is 4.22. The summed E-state index contributed by atoms with van der Waals surface area (Å²) in [7, 11) is 0. The summed E-state index contributed by atoms with van der Waals surface area (Å²) in [5.41, 5.74) is 0. The molecule has 1 amide bonds. The molecule has 0 rings (SSSR count). The molecule has 0 aliphatic rings. The van der Waals surface area contributed by atoms with Crippen LogP contribution in [0.3, 0.4) is 0 Å². The first-order valence-electron chi connectivity index (χ1n) is 3.10. The van der Waals surface area contributed by atoms with Crippen molar-refractivity contribution < 1.29 is 14.3 Å². The predicted molar refractivity (Wildman–Crippen MR) is 35.3 cm³/mol. The van der Waals surface area contributed by atoms with Gasteiger partial charge in [-0.2, -0.15) is 0 Å². The molecule has 3 nitrogen and oxygen atoms in total. The number of alkyl halides is 1. The van der Waals surface area contributed by atoms with Crippen LogP contribution >= 0.6 is 0 Å². The molecule has 0 saturated carbocycles. The molecule has 0 radical (unpaired) electrons. The molecule has 0 fully saturated rings. The van der Waals surface area contributed by atoms with Gasteiger partial charge in [0.05, 0.1) is 12.6 Å². The number of aliphatic hydroxyl groups excluding tert-OH is 1. The molecule has 0 aliphatic heterocycles. The Morgan fingerprint density at radius 2 is 2.30 bits per heavy atom. The number of aliphatic hydroxyl groups is 1. The highest BCUT2D eigenvalue weighted by atomic mass is 19.1. The highest BCUT2D eigenvalue weighted by molar-refractivity contribution is 5.73. The van der Waals surface area contributed by atoms with Gasteiger partial charge < -0.3 is 10.4 Å². The van der Waals surface area contributed by atoms with E-state index in [0.29, 0.717) is 0 Å². The van der Waals surface area contributed by atoms with Crippen molar-refractivity contribution in [2.45, 2.75) is 26.1 Å². The van der Waals surface area contributed by atoms with Crippen LogP contribution in [0.25, 0.3) is 0 Å². The van der Waals surface area contributed by atoms with Gasteiger partial charge in [-0.05, 0) is 6.92 Å². The molecule has 0 aromatic heterocycles. The van der Waals surface area contributed by atoms with Gasteiger partial charge in [0, 0.05) is 6.92 Å². The minimum absolute atomic E-state index is 0.330. The Morgan fingerprint density at radius 3 is 2.40 bits per heavy atom. The third kappa shape index (κ3) is 3.40. The zero-order valence-corrected chi connectivity index (χ0v) is 6.10. The van der Waals surface area contributed by atoms with Crippen LogP contribution in [0.4, 0.5) is 4.39 Å². The number of rotatable bonds is 3. The Bertz CT molecular complexity index is 116. The zero-order chi connectivity index (χ0) is 8.15. The van der Waals surface area contributed by atoms with Crippen molar-refractivity contribution >= 4 is 5.91 Å². The molecule has 4 heteroatoms. The van der Waals surface area contributed by atoms with Gasteiger partial charge in [0.15, 0.2) is 0 Å². The van der Waals surface area contributed by atoms with Crippen molar-refractivity contribution in [3.05, 3.63) is 0 Å². The summed E-state index contributed by atoms with van der Waals surface area (Å²) in [6, 6.07) is -0.766. The lowest BCUT2D eigenvalue weighted by Gasteiger charge is -2.15. The first kappa shape index (κ1) is 9.36.